The standard InChI is InChI=1S/C26H27NO5S.C6H12/c1-17(2)25(26(29)30)27-33(31)24-14-10-22(11-15-24)21-6-4-19(5-7-21)16-32-23-12-8-20(9-13-23)18(3)28;1-2-4-6-5-3-1/h4-15,17,25,27H,16H2,1-3H3,(H,29,30);1-6H2. The highest BCUT2D eigenvalue weighted by atomic mass is 32.2. The molecule has 0 radical (unpaired) electrons. The number of ether oxygens (including phenoxy) is 1. The first kappa shape index (κ1) is 30.3. The fourth-order valence-electron chi connectivity index (χ4n) is 4.23. The van der Waals surface area contributed by atoms with Gasteiger partial charge in [0.1, 0.15) is 29.4 Å². The van der Waals surface area contributed by atoms with Crippen molar-refractivity contribution < 1.29 is 23.6 Å². The maximum Gasteiger partial charge on any atom is 0.321 e. The minimum absolute atomic E-state index is 0.0210. The number of hydrogen-bond donors (Lipinski definition) is 2. The Kier molecular flexibility index (Phi) is 11.9. The molecule has 0 bridgehead atoms. The van der Waals surface area contributed by atoms with E-state index < -0.39 is 23.0 Å². The van der Waals surface area contributed by atoms with Gasteiger partial charge in [-0.15, -0.1) is 0 Å². The molecule has 39 heavy (non-hydrogen) atoms. The van der Waals surface area contributed by atoms with E-state index >= 15 is 0 Å². The molecule has 2 atom stereocenters. The van der Waals surface area contributed by atoms with Gasteiger partial charge in [-0.05, 0) is 65.9 Å². The normalized spacial score (nSPS) is 14.6. The van der Waals surface area contributed by atoms with Gasteiger partial charge in [0.15, 0.2) is 5.78 Å². The number of rotatable bonds is 10. The van der Waals surface area contributed by atoms with Crippen molar-refractivity contribution in [3.8, 4) is 16.9 Å². The van der Waals surface area contributed by atoms with Gasteiger partial charge in [-0.1, -0.05) is 88.8 Å². The number of carboxylic acid groups (broad SMARTS) is 1. The van der Waals surface area contributed by atoms with Crippen molar-refractivity contribution in [2.75, 3.05) is 0 Å². The molecule has 0 saturated heterocycles. The number of benzene rings is 3. The average molecular weight is 550 g/mol. The summed E-state index contributed by atoms with van der Waals surface area (Å²) < 4.78 is 21.0. The van der Waals surface area contributed by atoms with Crippen molar-refractivity contribution >= 4 is 22.7 Å². The first-order valence-electron chi connectivity index (χ1n) is 13.6. The predicted molar refractivity (Wildman–Crippen MR) is 156 cm³/mol. The number of aliphatic carboxylic acids is 1. The summed E-state index contributed by atoms with van der Waals surface area (Å²) in [7, 11) is -1.61. The molecule has 3 aromatic carbocycles. The number of Topliss-reactive ketones (excluding diaryl/α,β-unsaturated/α-hetero) is 1. The second-order valence-corrected chi connectivity index (χ2v) is 11.4. The van der Waals surface area contributed by atoms with Crippen LogP contribution in [0.15, 0.2) is 77.7 Å². The molecule has 7 heteroatoms. The summed E-state index contributed by atoms with van der Waals surface area (Å²) in [6.45, 7) is 5.47. The third-order valence-corrected chi connectivity index (χ3v) is 7.86. The van der Waals surface area contributed by atoms with Crippen LogP contribution in [0.4, 0.5) is 0 Å². The van der Waals surface area contributed by atoms with Gasteiger partial charge >= 0.3 is 5.97 Å². The van der Waals surface area contributed by atoms with Gasteiger partial charge in [0.25, 0.3) is 0 Å². The van der Waals surface area contributed by atoms with Crippen LogP contribution < -0.4 is 9.46 Å². The number of carboxylic acids is 1. The van der Waals surface area contributed by atoms with Crippen LogP contribution in [0.2, 0.25) is 0 Å². The van der Waals surface area contributed by atoms with Crippen LogP contribution in [0.1, 0.15) is 75.2 Å². The van der Waals surface area contributed by atoms with Gasteiger partial charge < -0.3 is 9.84 Å². The predicted octanol–water partition coefficient (Wildman–Crippen LogP) is 7.20. The summed E-state index contributed by atoms with van der Waals surface area (Å²) in [5, 5.41) is 9.27. The van der Waals surface area contributed by atoms with Crippen molar-refractivity contribution in [1.29, 1.82) is 0 Å². The van der Waals surface area contributed by atoms with Crippen molar-refractivity contribution in [3.05, 3.63) is 83.9 Å². The smallest absolute Gasteiger partial charge is 0.321 e. The molecule has 2 N–H and O–H groups in total. The Morgan fingerprint density at radius 2 is 1.31 bits per heavy atom. The van der Waals surface area contributed by atoms with E-state index in [4.69, 9.17) is 4.74 Å². The molecule has 208 valence electrons. The largest absolute Gasteiger partial charge is 0.489 e. The first-order chi connectivity index (χ1) is 18.7. The Morgan fingerprint density at radius 1 is 0.821 bits per heavy atom. The zero-order valence-electron chi connectivity index (χ0n) is 23.0. The summed E-state index contributed by atoms with van der Waals surface area (Å²) in [5.41, 5.74) is 3.62. The highest BCUT2D eigenvalue weighted by Crippen LogP contribution is 2.22. The lowest BCUT2D eigenvalue weighted by atomic mass is 10.0. The molecule has 0 heterocycles. The Balaban J connectivity index is 0.000000617. The van der Waals surface area contributed by atoms with E-state index in [2.05, 4.69) is 4.72 Å². The molecule has 1 fully saturated rings. The lowest BCUT2D eigenvalue weighted by Gasteiger charge is -2.17. The number of carbonyl (C=O) groups excluding carboxylic acids is 1. The van der Waals surface area contributed by atoms with Gasteiger partial charge in [0.05, 0.1) is 4.90 Å². The molecule has 6 nitrogen and oxygen atoms in total. The number of nitrogens with one attached hydrogen (secondary N) is 1. The van der Waals surface area contributed by atoms with Crippen LogP contribution in [0, 0.1) is 5.92 Å². The fourth-order valence-corrected chi connectivity index (χ4v) is 5.36. The maximum absolute atomic E-state index is 12.5. The minimum atomic E-state index is -1.61. The summed E-state index contributed by atoms with van der Waals surface area (Å²) in [4.78, 5) is 23.2. The summed E-state index contributed by atoms with van der Waals surface area (Å²) in [6, 6.07) is 21.3. The van der Waals surface area contributed by atoms with Gasteiger partial charge in [0.2, 0.25) is 0 Å². The van der Waals surface area contributed by atoms with E-state index in [0.29, 0.717) is 22.8 Å². The van der Waals surface area contributed by atoms with Crippen LogP contribution in [0.25, 0.3) is 11.1 Å². The summed E-state index contributed by atoms with van der Waals surface area (Å²) in [5.74, 6) is -0.489. The second-order valence-electron chi connectivity index (χ2n) is 10.2. The van der Waals surface area contributed by atoms with Crippen LogP contribution in [-0.2, 0) is 22.4 Å². The van der Waals surface area contributed by atoms with Gasteiger partial charge in [-0.2, -0.15) is 0 Å². The van der Waals surface area contributed by atoms with Crippen LogP contribution in [-0.4, -0.2) is 27.1 Å². The molecule has 3 aromatic rings. The molecule has 1 saturated carbocycles. The molecular formula is C32H39NO5S. The van der Waals surface area contributed by atoms with Crippen LogP contribution >= 0.6 is 0 Å². The molecular weight excluding hydrogens is 510 g/mol. The molecule has 0 spiro atoms. The Bertz CT molecular complexity index is 1210. The van der Waals surface area contributed by atoms with E-state index in [-0.39, 0.29) is 11.7 Å². The summed E-state index contributed by atoms with van der Waals surface area (Å²) >= 11 is 0. The Hall–Kier alpha value is -3.29. The van der Waals surface area contributed by atoms with Crippen LogP contribution in [0.3, 0.4) is 0 Å². The molecule has 0 aliphatic heterocycles. The quantitative estimate of drug-likeness (QED) is 0.261. The maximum atomic E-state index is 12.5. The number of carbonyl (C=O) groups is 2. The molecule has 0 aromatic heterocycles. The highest BCUT2D eigenvalue weighted by Gasteiger charge is 2.23. The topological polar surface area (TPSA) is 92.7 Å². The van der Waals surface area contributed by atoms with Crippen molar-refractivity contribution in [1.82, 2.24) is 4.72 Å². The molecule has 2 unspecified atom stereocenters. The zero-order valence-corrected chi connectivity index (χ0v) is 23.8. The van der Waals surface area contributed by atoms with Crippen molar-refractivity contribution in [2.45, 2.75) is 76.8 Å². The molecule has 1 aliphatic carbocycles. The lowest BCUT2D eigenvalue weighted by Crippen LogP contribution is -2.41. The van der Waals surface area contributed by atoms with E-state index in [1.54, 1.807) is 50.2 Å². The molecule has 4 rings (SSSR count). The van der Waals surface area contributed by atoms with Crippen LogP contribution in [0.5, 0.6) is 5.75 Å². The molecule has 0 amide bonds. The second kappa shape index (κ2) is 15.3. The van der Waals surface area contributed by atoms with Gasteiger partial charge in [-0.3, -0.25) is 9.59 Å². The first-order valence-corrected chi connectivity index (χ1v) is 14.7. The monoisotopic (exact) mass is 549 g/mol. The number of ketones is 1. The fraction of sp³-hybridized carbons (Fsp3) is 0.375. The van der Waals surface area contributed by atoms with Gasteiger partial charge in [-0.25, -0.2) is 8.93 Å². The SMILES string of the molecule is C1CCCCC1.CC(=O)c1ccc(OCc2ccc(-c3ccc(S(=O)NC(C(=O)O)C(C)C)cc3)cc2)cc1. The third kappa shape index (κ3) is 9.75. The summed E-state index contributed by atoms with van der Waals surface area (Å²) in [6.07, 6.45) is 9.00. The third-order valence-electron chi connectivity index (χ3n) is 6.69. The van der Waals surface area contributed by atoms with E-state index in [0.717, 1.165) is 16.7 Å². The van der Waals surface area contributed by atoms with Gasteiger partial charge in [0, 0.05) is 5.56 Å². The Labute approximate surface area is 234 Å². The highest BCUT2D eigenvalue weighted by molar-refractivity contribution is 7.83. The van der Waals surface area contributed by atoms with Crippen molar-refractivity contribution in [2.24, 2.45) is 5.92 Å². The Morgan fingerprint density at radius 3 is 1.74 bits per heavy atom. The average Bonchev–Trinajstić information content (AvgIpc) is 2.96. The minimum Gasteiger partial charge on any atom is -0.489 e. The van der Waals surface area contributed by atoms with Crippen molar-refractivity contribution in [3.63, 3.8) is 0 Å². The van der Waals surface area contributed by atoms with E-state index in [9.17, 15) is 18.9 Å². The lowest BCUT2D eigenvalue weighted by molar-refractivity contribution is -0.140. The zero-order chi connectivity index (χ0) is 28.2. The van der Waals surface area contributed by atoms with E-state index in [1.807, 2.05) is 36.4 Å². The van der Waals surface area contributed by atoms with E-state index in [1.165, 1.54) is 45.4 Å². The number of hydrogen-bond acceptors (Lipinski definition) is 4. The molecule has 1 aliphatic rings.